The first-order valence-electron chi connectivity index (χ1n) is 5.91. The lowest BCUT2D eigenvalue weighted by atomic mass is 9.94. The molecule has 0 saturated heterocycles. The first-order valence-corrected chi connectivity index (χ1v) is 5.91. The van der Waals surface area contributed by atoms with Crippen LogP contribution in [0.5, 0.6) is 5.75 Å². The summed E-state index contributed by atoms with van der Waals surface area (Å²) in [6.45, 7) is 0. The first kappa shape index (κ1) is 10.4. The number of hydrogen-bond acceptors (Lipinski definition) is 2. The van der Waals surface area contributed by atoms with E-state index < -0.39 is 0 Å². The van der Waals surface area contributed by atoms with Crippen LogP contribution in [-0.2, 0) is 0 Å². The largest absolute Gasteiger partial charge is 0.485 e. The number of fused-ring (bicyclic) bond motifs is 1. The second kappa shape index (κ2) is 4.22. The zero-order valence-corrected chi connectivity index (χ0v) is 9.54. The Morgan fingerprint density at radius 3 is 2.47 bits per heavy atom. The zero-order valence-electron chi connectivity index (χ0n) is 9.54. The standard InChI is InChI=1S/C15H15NO/c16-13-10-15(11-6-2-1-3-7-11)17-14-9-5-4-8-12(13)14/h1-9,13,15H,10,16H2/t13-,15+/m0/s1. The van der Waals surface area contributed by atoms with E-state index in [-0.39, 0.29) is 12.1 Å². The molecule has 2 aromatic carbocycles. The second-order valence-electron chi connectivity index (χ2n) is 4.40. The minimum atomic E-state index is 0.0603. The molecule has 1 aliphatic heterocycles. The van der Waals surface area contributed by atoms with E-state index in [1.54, 1.807) is 0 Å². The van der Waals surface area contributed by atoms with Crippen molar-refractivity contribution in [1.82, 2.24) is 0 Å². The Balaban J connectivity index is 1.94. The summed E-state index contributed by atoms with van der Waals surface area (Å²) in [6.07, 6.45) is 0.905. The topological polar surface area (TPSA) is 35.2 Å². The van der Waals surface area contributed by atoms with Crippen molar-refractivity contribution in [1.29, 1.82) is 0 Å². The van der Waals surface area contributed by atoms with Crippen LogP contribution in [0, 0.1) is 0 Å². The van der Waals surface area contributed by atoms with Gasteiger partial charge in [-0.25, -0.2) is 0 Å². The average molecular weight is 225 g/mol. The van der Waals surface area contributed by atoms with Gasteiger partial charge in [0, 0.05) is 18.0 Å². The van der Waals surface area contributed by atoms with Crippen LogP contribution in [0.25, 0.3) is 0 Å². The maximum Gasteiger partial charge on any atom is 0.126 e. The molecule has 17 heavy (non-hydrogen) atoms. The van der Waals surface area contributed by atoms with E-state index >= 15 is 0 Å². The Morgan fingerprint density at radius 1 is 0.941 bits per heavy atom. The van der Waals surface area contributed by atoms with Crippen LogP contribution >= 0.6 is 0 Å². The van der Waals surface area contributed by atoms with Gasteiger partial charge < -0.3 is 10.5 Å². The van der Waals surface area contributed by atoms with Crippen LogP contribution < -0.4 is 10.5 Å². The molecule has 0 fully saturated rings. The molecule has 0 radical (unpaired) electrons. The first-order chi connectivity index (χ1) is 8.34. The highest BCUT2D eigenvalue weighted by Gasteiger charge is 2.26. The molecular weight excluding hydrogens is 210 g/mol. The molecule has 86 valence electrons. The smallest absolute Gasteiger partial charge is 0.126 e. The average Bonchev–Trinajstić information content (AvgIpc) is 2.40. The van der Waals surface area contributed by atoms with E-state index in [9.17, 15) is 0 Å². The van der Waals surface area contributed by atoms with Gasteiger partial charge in [-0.2, -0.15) is 0 Å². The van der Waals surface area contributed by atoms with Crippen LogP contribution in [-0.4, -0.2) is 0 Å². The maximum absolute atomic E-state index is 6.19. The van der Waals surface area contributed by atoms with E-state index in [4.69, 9.17) is 10.5 Å². The highest BCUT2D eigenvalue weighted by Crippen LogP contribution is 2.39. The van der Waals surface area contributed by atoms with Gasteiger partial charge in [0.2, 0.25) is 0 Å². The molecule has 2 N–H and O–H groups in total. The van der Waals surface area contributed by atoms with Crippen molar-refractivity contribution in [2.24, 2.45) is 5.73 Å². The molecule has 2 heteroatoms. The van der Waals surface area contributed by atoms with Gasteiger partial charge in [-0.3, -0.25) is 0 Å². The minimum Gasteiger partial charge on any atom is -0.485 e. The Morgan fingerprint density at radius 2 is 1.65 bits per heavy atom. The Labute approximate surface area is 101 Å². The maximum atomic E-state index is 6.19. The normalized spacial score (nSPS) is 22.6. The fourth-order valence-corrected chi connectivity index (χ4v) is 2.32. The molecule has 0 saturated carbocycles. The molecule has 0 bridgehead atoms. The number of para-hydroxylation sites is 1. The predicted molar refractivity (Wildman–Crippen MR) is 67.8 cm³/mol. The van der Waals surface area contributed by atoms with Crippen molar-refractivity contribution in [3.63, 3.8) is 0 Å². The van der Waals surface area contributed by atoms with Gasteiger partial charge in [-0.15, -0.1) is 0 Å². The Hall–Kier alpha value is -1.80. The Kier molecular flexibility index (Phi) is 2.57. The molecule has 3 rings (SSSR count). The number of rotatable bonds is 1. The van der Waals surface area contributed by atoms with Crippen molar-refractivity contribution in [3.05, 3.63) is 65.7 Å². The van der Waals surface area contributed by atoms with Crippen LogP contribution in [0.4, 0.5) is 0 Å². The number of benzene rings is 2. The van der Waals surface area contributed by atoms with Gasteiger partial charge in [0.25, 0.3) is 0 Å². The SMILES string of the molecule is N[C@H]1C[C@H](c2ccccc2)Oc2ccccc21. The third-order valence-electron chi connectivity index (χ3n) is 3.23. The van der Waals surface area contributed by atoms with E-state index in [1.165, 1.54) is 5.56 Å². The molecule has 0 unspecified atom stereocenters. The second-order valence-corrected chi connectivity index (χ2v) is 4.40. The fraction of sp³-hybridized carbons (Fsp3) is 0.200. The molecule has 0 spiro atoms. The zero-order chi connectivity index (χ0) is 11.7. The molecule has 0 aliphatic carbocycles. The summed E-state index contributed by atoms with van der Waals surface area (Å²) < 4.78 is 6.01. The van der Waals surface area contributed by atoms with Gasteiger partial charge in [0.15, 0.2) is 0 Å². The van der Waals surface area contributed by atoms with E-state index in [0.29, 0.717) is 0 Å². The van der Waals surface area contributed by atoms with Gasteiger partial charge in [0.1, 0.15) is 11.9 Å². The molecule has 2 nitrogen and oxygen atoms in total. The van der Waals surface area contributed by atoms with E-state index in [0.717, 1.165) is 17.7 Å². The van der Waals surface area contributed by atoms with Crippen LogP contribution in [0.15, 0.2) is 54.6 Å². The van der Waals surface area contributed by atoms with Crippen molar-refractivity contribution < 1.29 is 4.74 Å². The van der Waals surface area contributed by atoms with Crippen molar-refractivity contribution in [2.75, 3.05) is 0 Å². The lowest BCUT2D eigenvalue weighted by Gasteiger charge is -2.30. The molecule has 0 amide bonds. The van der Waals surface area contributed by atoms with Crippen LogP contribution in [0.3, 0.4) is 0 Å². The van der Waals surface area contributed by atoms with Crippen molar-refractivity contribution in [2.45, 2.75) is 18.6 Å². The lowest BCUT2D eigenvalue weighted by molar-refractivity contribution is 0.161. The summed E-state index contributed by atoms with van der Waals surface area (Å²) in [5.41, 5.74) is 8.50. The Bertz CT molecular complexity index is 509. The third-order valence-corrected chi connectivity index (χ3v) is 3.23. The molecule has 2 atom stereocenters. The summed E-state index contributed by atoms with van der Waals surface area (Å²) >= 11 is 0. The van der Waals surface area contributed by atoms with E-state index in [2.05, 4.69) is 12.1 Å². The molecule has 1 heterocycles. The monoisotopic (exact) mass is 225 g/mol. The highest BCUT2D eigenvalue weighted by atomic mass is 16.5. The number of ether oxygens (including phenoxy) is 1. The summed E-state index contributed by atoms with van der Waals surface area (Å²) in [4.78, 5) is 0. The number of nitrogens with two attached hydrogens (primary N) is 1. The third kappa shape index (κ3) is 1.92. The summed E-state index contributed by atoms with van der Waals surface area (Å²) in [7, 11) is 0. The van der Waals surface area contributed by atoms with Gasteiger partial charge in [-0.1, -0.05) is 48.5 Å². The van der Waals surface area contributed by atoms with Crippen LogP contribution in [0.1, 0.15) is 29.7 Å². The van der Waals surface area contributed by atoms with Gasteiger partial charge in [0.05, 0.1) is 0 Å². The van der Waals surface area contributed by atoms with Crippen molar-refractivity contribution in [3.8, 4) is 5.75 Å². The minimum absolute atomic E-state index is 0.0603. The molecular formula is C15H15NO. The molecule has 0 aromatic heterocycles. The number of hydrogen-bond donors (Lipinski definition) is 1. The summed E-state index contributed by atoms with van der Waals surface area (Å²) in [5.74, 6) is 0.917. The van der Waals surface area contributed by atoms with E-state index in [1.807, 2.05) is 42.5 Å². The molecule has 2 aromatic rings. The summed E-state index contributed by atoms with van der Waals surface area (Å²) in [5, 5.41) is 0. The lowest BCUT2D eigenvalue weighted by Crippen LogP contribution is -2.23. The van der Waals surface area contributed by atoms with Gasteiger partial charge in [-0.05, 0) is 11.6 Å². The molecule has 1 aliphatic rings. The predicted octanol–water partition coefficient (Wildman–Crippen LogP) is 3.21. The quantitative estimate of drug-likeness (QED) is 0.808. The summed E-state index contributed by atoms with van der Waals surface area (Å²) in [6, 6.07) is 18.3. The highest BCUT2D eigenvalue weighted by molar-refractivity contribution is 5.38. The van der Waals surface area contributed by atoms with Gasteiger partial charge >= 0.3 is 0 Å². The fourth-order valence-electron chi connectivity index (χ4n) is 2.32. The van der Waals surface area contributed by atoms with Crippen LogP contribution in [0.2, 0.25) is 0 Å². The van der Waals surface area contributed by atoms with Crippen molar-refractivity contribution >= 4 is 0 Å².